The molecule has 0 fully saturated rings. The molecule has 2 aromatic rings. The zero-order chi connectivity index (χ0) is 10.7. The number of hydrogen-bond donors (Lipinski definition) is 0. The van der Waals surface area contributed by atoms with Crippen LogP contribution in [0.2, 0.25) is 0 Å². The van der Waals surface area contributed by atoms with E-state index in [-0.39, 0.29) is 5.78 Å². The number of fused-ring (bicyclic) bond motifs is 1. The van der Waals surface area contributed by atoms with Crippen molar-refractivity contribution >= 4 is 16.8 Å². The summed E-state index contributed by atoms with van der Waals surface area (Å²) in [6.45, 7) is 1.42. The van der Waals surface area contributed by atoms with Gasteiger partial charge in [-0.25, -0.2) is 4.98 Å². The molecule has 0 aliphatic carbocycles. The maximum absolute atomic E-state index is 10.7. The quantitative estimate of drug-likeness (QED) is 0.601. The van der Waals surface area contributed by atoms with Gasteiger partial charge in [0.05, 0.1) is 17.2 Å². The Hall–Kier alpha value is -2.21. The summed E-state index contributed by atoms with van der Waals surface area (Å²) in [5.41, 5.74) is 2.13. The lowest BCUT2D eigenvalue weighted by Crippen LogP contribution is -1.89. The van der Waals surface area contributed by atoms with Crippen molar-refractivity contribution in [3.05, 3.63) is 36.2 Å². The van der Waals surface area contributed by atoms with Crippen LogP contribution in [0.15, 0.2) is 30.5 Å². The fourth-order valence-corrected chi connectivity index (χ4v) is 1.17. The lowest BCUT2D eigenvalue weighted by atomic mass is 10.3. The third kappa shape index (κ3) is 2.18. The van der Waals surface area contributed by atoms with Gasteiger partial charge in [-0.3, -0.25) is 9.78 Å². The van der Waals surface area contributed by atoms with Crippen molar-refractivity contribution in [3.63, 3.8) is 0 Å². The lowest BCUT2D eigenvalue weighted by molar-refractivity contribution is -0.111. The second kappa shape index (κ2) is 3.89. The van der Waals surface area contributed by atoms with Crippen LogP contribution in [-0.2, 0) is 4.79 Å². The van der Waals surface area contributed by atoms with Crippen molar-refractivity contribution in [2.75, 3.05) is 0 Å². The van der Waals surface area contributed by atoms with E-state index < -0.39 is 0 Å². The molecule has 2 rings (SSSR count). The lowest BCUT2D eigenvalue weighted by Gasteiger charge is -1.95. The Balaban J connectivity index is 2.49. The number of aromatic nitrogens is 2. The van der Waals surface area contributed by atoms with Gasteiger partial charge in [0.2, 0.25) is 5.78 Å². The minimum atomic E-state index is -0.176. The summed E-state index contributed by atoms with van der Waals surface area (Å²) in [5.74, 6) is 4.92. The topological polar surface area (TPSA) is 42.9 Å². The number of Topliss-reactive ketones (excluding diaryl/α,β-unsaturated/α-hetero) is 1. The van der Waals surface area contributed by atoms with Crippen LogP contribution in [0.5, 0.6) is 0 Å². The molecule has 15 heavy (non-hydrogen) atoms. The molecule has 0 atom stereocenters. The Kier molecular flexibility index (Phi) is 2.42. The Morgan fingerprint density at radius 2 is 2.00 bits per heavy atom. The second-order valence-electron chi connectivity index (χ2n) is 3.05. The van der Waals surface area contributed by atoms with Crippen LogP contribution in [0.4, 0.5) is 0 Å². The summed E-state index contributed by atoms with van der Waals surface area (Å²) in [7, 11) is 0. The van der Waals surface area contributed by atoms with Gasteiger partial charge in [0.1, 0.15) is 5.69 Å². The summed E-state index contributed by atoms with van der Waals surface area (Å²) in [4.78, 5) is 19.1. The normalized spacial score (nSPS) is 9.40. The number of nitrogens with zero attached hydrogens (tertiary/aromatic N) is 2. The van der Waals surface area contributed by atoms with Crippen molar-refractivity contribution in [1.82, 2.24) is 9.97 Å². The van der Waals surface area contributed by atoms with E-state index in [2.05, 4.69) is 21.8 Å². The molecule has 0 unspecified atom stereocenters. The molecule has 0 saturated carbocycles. The molecule has 0 aliphatic heterocycles. The third-order valence-electron chi connectivity index (χ3n) is 1.82. The molecule has 3 nitrogen and oxygen atoms in total. The van der Waals surface area contributed by atoms with Gasteiger partial charge in [0, 0.05) is 6.92 Å². The molecule has 3 heteroatoms. The van der Waals surface area contributed by atoms with E-state index in [1.54, 1.807) is 6.20 Å². The molecule has 1 aromatic heterocycles. The number of ketones is 1. The standard InChI is InChI=1S/C12H8N2O/c1-9(15)6-7-10-8-13-11-4-2-3-5-12(11)14-10/h2-5,8H,1H3. The molecule has 0 saturated heterocycles. The van der Waals surface area contributed by atoms with Crippen LogP contribution in [0.25, 0.3) is 11.0 Å². The molecule has 72 valence electrons. The van der Waals surface area contributed by atoms with Crippen LogP contribution in [-0.4, -0.2) is 15.8 Å². The highest BCUT2D eigenvalue weighted by Crippen LogP contribution is 2.07. The van der Waals surface area contributed by atoms with Crippen molar-refractivity contribution in [2.45, 2.75) is 6.92 Å². The van der Waals surface area contributed by atoms with Gasteiger partial charge < -0.3 is 0 Å². The monoisotopic (exact) mass is 196 g/mol. The van der Waals surface area contributed by atoms with Crippen LogP contribution < -0.4 is 0 Å². The maximum atomic E-state index is 10.7. The molecule has 1 aromatic carbocycles. The zero-order valence-corrected chi connectivity index (χ0v) is 8.19. The predicted molar refractivity (Wildman–Crippen MR) is 57.1 cm³/mol. The molecular formula is C12H8N2O. The first kappa shape index (κ1) is 9.35. The van der Waals surface area contributed by atoms with E-state index in [1.807, 2.05) is 24.3 Å². The van der Waals surface area contributed by atoms with E-state index >= 15 is 0 Å². The number of para-hydroxylation sites is 2. The molecule has 0 radical (unpaired) electrons. The number of carbonyl (C=O) groups excluding carboxylic acids is 1. The third-order valence-corrected chi connectivity index (χ3v) is 1.82. The smallest absolute Gasteiger partial charge is 0.202 e. The first-order chi connectivity index (χ1) is 7.25. The van der Waals surface area contributed by atoms with Gasteiger partial charge in [-0.2, -0.15) is 0 Å². The summed E-state index contributed by atoms with van der Waals surface area (Å²) in [6.07, 6.45) is 1.57. The molecular weight excluding hydrogens is 188 g/mol. The molecule has 0 N–H and O–H groups in total. The Bertz CT molecular complexity index is 579. The minimum Gasteiger partial charge on any atom is -0.285 e. The van der Waals surface area contributed by atoms with Gasteiger partial charge in [0.15, 0.2) is 0 Å². The molecule has 0 amide bonds. The van der Waals surface area contributed by atoms with Crippen LogP contribution in [0.1, 0.15) is 12.6 Å². The SMILES string of the molecule is CC(=O)C#Cc1cnc2ccccc2n1. The van der Waals surface area contributed by atoms with Crippen LogP contribution >= 0.6 is 0 Å². The average Bonchev–Trinajstić information content (AvgIpc) is 2.26. The van der Waals surface area contributed by atoms with E-state index in [0.717, 1.165) is 11.0 Å². The summed E-state index contributed by atoms with van der Waals surface area (Å²) >= 11 is 0. The summed E-state index contributed by atoms with van der Waals surface area (Å²) in [6, 6.07) is 7.53. The number of hydrogen-bond acceptors (Lipinski definition) is 3. The first-order valence-corrected chi connectivity index (χ1v) is 4.50. The van der Waals surface area contributed by atoms with Crippen molar-refractivity contribution in [2.24, 2.45) is 0 Å². The Morgan fingerprint density at radius 1 is 1.27 bits per heavy atom. The molecule has 0 spiro atoms. The highest BCUT2D eigenvalue weighted by Gasteiger charge is 1.95. The van der Waals surface area contributed by atoms with E-state index in [1.165, 1.54) is 6.92 Å². The predicted octanol–water partition coefficient (Wildman–Crippen LogP) is 1.57. The van der Waals surface area contributed by atoms with Gasteiger partial charge in [-0.05, 0) is 24.0 Å². The first-order valence-electron chi connectivity index (χ1n) is 4.50. The Morgan fingerprint density at radius 3 is 2.73 bits per heavy atom. The largest absolute Gasteiger partial charge is 0.285 e. The van der Waals surface area contributed by atoms with Gasteiger partial charge in [0.25, 0.3) is 0 Å². The van der Waals surface area contributed by atoms with Gasteiger partial charge >= 0.3 is 0 Å². The molecule has 0 bridgehead atoms. The second-order valence-corrected chi connectivity index (χ2v) is 3.05. The molecule has 1 heterocycles. The number of carbonyl (C=O) groups is 1. The van der Waals surface area contributed by atoms with Gasteiger partial charge in [-0.15, -0.1) is 0 Å². The van der Waals surface area contributed by atoms with Crippen molar-refractivity contribution in [1.29, 1.82) is 0 Å². The maximum Gasteiger partial charge on any atom is 0.202 e. The fourth-order valence-electron chi connectivity index (χ4n) is 1.17. The Labute approximate surface area is 87.2 Å². The van der Waals surface area contributed by atoms with E-state index in [4.69, 9.17) is 0 Å². The highest BCUT2D eigenvalue weighted by atomic mass is 16.1. The van der Waals surface area contributed by atoms with Crippen molar-refractivity contribution in [3.8, 4) is 11.8 Å². The number of rotatable bonds is 0. The van der Waals surface area contributed by atoms with Gasteiger partial charge in [-0.1, -0.05) is 12.1 Å². The van der Waals surface area contributed by atoms with Crippen LogP contribution in [0, 0.1) is 11.8 Å². The zero-order valence-electron chi connectivity index (χ0n) is 8.19. The van der Waals surface area contributed by atoms with Crippen molar-refractivity contribution < 1.29 is 4.79 Å². The van der Waals surface area contributed by atoms with Crippen LogP contribution in [0.3, 0.4) is 0 Å². The van der Waals surface area contributed by atoms with E-state index in [9.17, 15) is 4.79 Å². The highest BCUT2D eigenvalue weighted by molar-refractivity contribution is 5.93. The minimum absolute atomic E-state index is 0.176. The average molecular weight is 196 g/mol. The van der Waals surface area contributed by atoms with E-state index in [0.29, 0.717) is 5.69 Å². The summed E-state index contributed by atoms with van der Waals surface area (Å²) in [5, 5.41) is 0. The summed E-state index contributed by atoms with van der Waals surface area (Å²) < 4.78 is 0. The molecule has 0 aliphatic rings. The fraction of sp³-hybridized carbons (Fsp3) is 0.0833. The number of benzene rings is 1.